The third kappa shape index (κ3) is 3.23. The van der Waals surface area contributed by atoms with Crippen molar-refractivity contribution in [2.45, 2.75) is 31.8 Å². The first-order valence-electron chi connectivity index (χ1n) is 6.45. The molecule has 4 heteroatoms. The first-order valence-corrected chi connectivity index (χ1v) is 6.45. The van der Waals surface area contributed by atoms with Gasteiger partial charge in [0.1, 0.15) is 6.04 Å². The molecule has 0 radical (unpaired) electrons. The van der Waals surface area contributed by atoms with Crippen LogP contribution in [0.2, 0.25) is 0 Å². The quantitative estimate of drug-likeness (QED) is 0.856. The van der Waals surface area contributed by atoms with Crippen molar-refractivity contribution in [1.82, 2.24) is 4.90 Å². The summed E-state index contributed by atoms with van der Waals surface area (Å²) >= 11 is 0. The Hall–Kier alpha value is -1.55. The van der Waals surface area contributed by atoms with Crippen LogP contribution in [0.5, 0.6) is 0 Å². The molecule has 0 spiro atoms. The predicted molar refractivity (Wildman–Crippen MR) is 71.8 cm³/mol. The van der Waals surface area contributed by atoms with Crippen LogP contribution in [0.4, 0.5) is 5.69 Å². The van der Waals surface area contributed by atoms with Crippen molar-refractivity contribution in [1.29, 1.82) is 0 Å². The number of hydrogen-bond donors (Lipinski definition) is 2. The fourth-order valence-corrected chi connectivity index (χ4v) is 2.40. The fraction of sp³-hybridized carbons (Fsp3) is 0.500. The van der Waals surface area contributed by atoms with Gasteiger partial charge in [-0.3, -0.25) is 9.69 Å². The number of carbonyl (C=O) groups is 1. The molecule has 0 saturated carbocycles. The molecule has 18 heavy (non-hydrogen) atoms. The summed E-state index contributed by atoms with van der Waals surface area (Å²) in [7, 11) is 0. The van der Waals surface area contributed by atoms with E-state index >= 15 is 0 Å². The van der Waals surface area contributed by atoms with E-state index in [1.165, 1.54) is 0 Å². The molecule has 0 aliphatic carbocycles. The lowest BCUT2D eigenvalue weighted by atomic mass is 10.0. The van der Waals surface area contributed by atoms with E-state index in [1.54, 1.807) is 6.92 Å². The van der Waals surface area contributed by atoms with Gasteiger partial charge in [0.15, 0.2) is 0 Å². The van der Waals surface area contributed by atoms with Gasteiger partial charge in [0, 0.05) is 18.3 Å². The van der Waals surface area contributed by atoms with Crippen LogP contribution in [0.25, 0.3) is 0 Å². The predicted octanol–water partition coefficient (Wildman–Crippen LogP) is 2.04. The van der Waals surface area contributed by atoms with Crippen molar-refractivity contribution in [3.05, 3.63) is 30.3 Å². The lowest BCUT2D eigenvalue weighted by Gasteiger charge is -2.35. The minimum Gasteiger partial charge on any atom is -0.480 e. The topological polar surface area (TPSA) is 52.6 Å². The Morgan fingerprint density at radius 2 is 2.17 bits per heavy atom. The summed E-state index contributed by atoms with van der Waals surface area (Å²) in [6.07, 6.45) is 2.14. The molecule has 1 fully saturated rings. The van der Waals surface area contributed by atoms with Gasteiger partial charge >= 0.3 is 5.97 Å². The Balaban J connectivity index is 1.93. The average Bonchev–Trinajstić information content (AvgIpc) is 2.39. The van der Waals surface area contributed by atoms with E-state index in [4.69, 9.17) is 5.11 Å². The van der Waals surface area contributed by atoms with Crippen molar-refractivity contribution in [3.63, 3.8) is 0 Å². The normalized spacial score (nSPS) is 22.4. The first-order chi connectivity index (χ1) is 8.66. The number of piperidine rings is 1. The van der Waals surface area contributed by atoms with Crippen molar-refractivity contribution in [2.24, 2.45) is 0 Å². The highest BCUT2D eigenvalue weighted by molar-refractivity contribution is 5.72. The lowest BCUT2D eigenvalue weighted by Crippen LogP contribution is -2.48. The van der Waals surface area contributed by atoms with Crippen LogP contribution in [0.15, 0.2) is 30.3 Å². The minimum atomic E-state index is -0.740. The van der Waals surface area contributed by atoms with Gasteiger partial charge in [0.05, 0.1) is 0 Å². The molecule has 2 atom stereocenters. The molecule has 0 amide bonds. The maximum Gasteiger partial charge on any atom is 0.320 e. The van der Waals surface area contributed by atoms with Crippen molar-refractivity contribution < 1.29 is 9.90 Å². The highest BCUT2D eigenvalue weighted by atomic mass is 16.4. The standard InChI is InChI=1S/C14H20N2O2/c1-11(14(17)18)16-9-5-8-13(10-16)15-12-6-3-2-4-7-12/h2-4,6-7,11,13,15H,5,8-10H2,1H3,(H,17,18). The van der Waals surface area contributed by atoms with Gasteiger partial charge in [0.2, 0.25) is 0 Å². The molecular weight excluding hydrogens is 228 g/mol. The number of carboxylic acid groups (broad SMARTS) is 1. The third-order valence-electron chi connectivity index (χ3n) is 3.50. The van der Waals surface area contributed by atoms with Crippen LogP contribution in [0.3, 0.4) is 0 Å². The zero-order valence-electron chi connectivity index (χ0n) is 10.7. The van der Waals surface area contributed by atoms with E-state index < -0.39 is 12.0 Å². The summed E-state index contributed by atoms with van der Waals surface area (Å²) < 4.78 is 0. The van der Waals surface area contributed by atoms with E-state index in [2.05, 4.69) is 5.32 Å². The van der Waals surface area contributed by atoms with Gasteiger partial charge in [-0.25, -0.2) is 0 Å². The monoisotopic (exact) mass is 248 g/mol. The molecule has 2 unspecified atom stereocenters. The Morgan fingerprint density at radius 1 is 1.44 bits per heavy atom. The molecule has 1 aromatic carbocycles. The van der Waals surface area contributed by atoms with Gasteiger partial charge in [-0.2, -0.15) is 0 Å². The molecule has 0 bridgehead atoms. The van der Waals surface area contributed by atoms with Gasteiger partial charge < -0.3 is 10.4 Å². The van der Waals surface area contributed by atoms with Crippen LogP contribution in [-0.4, -0.2) is 41.1 Å². The zero-order valence-corrected chi connectivity index (χ0v) is 10.7. The van der Waals surface area contributed by atoms with Crippen molar-refractivity contribution in [3.8, 4) is 0 Å². The molecule has 1 aliphatic rings. The Bertz CT molecular complexity index is 394. The zero-order chi connectivity index (χ0) is 13.0. The van der Waals surface area contributed by atoms with Crippen LogP contribution in [-0.2, 0) is 4.79 Å². The first kappa shape index (κ1) is 12.9. The number of benzene rings is 1. The Morgan fingerprint density at radius 3 is 2.83 bits per heavy atom. The molecule has 1 aromatic rings. The Labute approximate surface area is 108 Å². The average molecular weight is 248 g/mol. The van der Waals surface area contributed by atoms with E-state index in [9.17, 15) is 4.79 Å². The number of likely N-dealkylation sites (tertiary alicyclic amines) is 1. The fourth-order valence-electron chi connectivity index (χ4n) is 2.40. The largest absolute Gasteiger partial charge is 0.480 e. The summed E-state index contributed by atoms with van der Waals surface area (Å²) in [5.74, 6) is -0.740. The van der Waals surface area contributed by atoms with Gasteiger partial charge in [-0.05, 0) is 38.4 Å². The second-order valence-electron chi connectivity index (χ2n) is 4.86. The van der Waals surface area contributed by atoms with E-state index in [1.807, 2.05) is 35.2 Å². The maximum atomic E-state index is 11.0. The van der Waals surface area contributed by atoms with Crippen molar-refractivity contribution in [2.75, 3.05) is 18.4 Å². The second kappa shape index (κ2) is 5.87. The number of anilines is 1. The van der Waals surface area contributed by atoms with E-state index in [-0.39, 0.29) is 0 Å². The number of nitrogens with zero attached hydrogens (tertiary/aromatic N) is 1. The van der Waals surface area contributed by atoms with Gasteiger partial charge in [0.25, 0.3) is 0 Å². The molecule has 1 heterocycles. The minimum absolute atomic E-state index is 0.336. The molecule has 1 saturated heterocycles. The molecule has 4 nitrogen and oxygen atoms in total. The second-order valence-corrected chi connectivity index (χ2v) is 4.86. The SMILES string of the molecule is CC(C(=O)O)N1CCCC(Nc2ccccc2)C1. The highest BCUT2D eigenvalue weighted by Gasteiger charge is 2.26. The Kier molecular flexibility index (Phi) is 4.20. The summed E-state index contributed by atoms with van der Waals surface area (Å²) in [5.41, 5.74) is 1.10. The summed E-state index contributed by atoms with van der Waals surface area (Å²) in [5, 5.41) is 12.5. The number of aliphatic carboxylic acids is 1. The van der Waals surface area contributed by atoms with E-state index in [0.717, 1.165) is 31.6 Å². The number of nitrogens with one attached hydrogen (secondary N) is 1. The highest BCUT2D eigenvalue weighted by Crippen LogP contribution is 2.17. The maximum absolute atomic E-state index is 11.0. The van der Waals surface area contributed by atoms with Gasteiger partial charge in [-0.1, -0.05) is 18.2 Å². The molecule has 1 aliphatic heterocycles. The number of para-hydroxylation sites is 1. The van der Waals surface area contributed by atoms with Crippen LogP contribution in [0.1, 0.15) is 19.8 Å². The van der Waals surface area contributed by atoms with E-state index in [0.29, 0.717) is 6.04 Å². The van der Waals surface area contributed by atoms with Crippen LogP contribution >= 0.6 is 0 Å². The van der Waals surface area contributed by atoms with Crippen LogP contribution in [0, 0.1) is 0 Å². The van der Waals surface area contributed by atoms with Crippen molar-refractivity contribution >= 4 is 11.7 Å². The van der Waals surface area contributed by atoms with Crippen LogP contribution < -0.4 is 5.32 Å². The summed E-state index contributed by atoms with van der Waals surface area (Å²) in [6.45, 7) is 3.43. The molecule has 0 aromatic heterocycles. The summed E-state index contributed by atoms with van der Waals surface area (Å²) in [4.78, 5) is 13.0. The molecule has 2 N–H and O–H groups in total. The number of hydrogen-bond acceptors (Lipinski definition) is 3. The lowest BCUT2D eigenvalue weighted by molar-refractivity contribution is -0.143. The molecular formula is C14H20N2O2. The number of carboxylic acids is 1. The number of rotatable bonds is 4. The summed E-state index contributed by atoms with van der Waals surface area (Å²) in [6, 6.07) is 10.0. The smallest absolute Gasteiger partial charge is 0.320 e. The molecule has 2 rings (SSSR count). The third-order valence-corrected chi connectivity index (χ3v) is 3.50. The van der Waals surface area contributed by atoms with Gasteiger partial charge in [-0.15, -0.1) is 0 Å². The molecule has 98 valence electrons.